The summed E-state index contributed by atoms with van der Waals surface area (Å²) in [7, 11) is 4.05. The molecule has 1 N–H and O–H groups in total. The standard InChI is InChI=1S/C22H29N3O3/c1-24(2)20-10-8-19(9-11-20)21(25-12-14-27-15-13-25)16-23-22(26)28-17-18-6-4-3-5-7-18/h3-11,21H,12-17H2,1-2H3,(H,23,26)/t21-/m0/s1. The summed E-state index contributed by atoms with van der Waals surface area (Å²) in [6.07, 6.45) is -0.396. The minimum absolute atomic E-state index is 0.0874. The van der Waals surface area contributed by atoms with E-state index in [1.54, 1.807) is 0 Å². The number of amides is 1. The molecule has 0 unspecified atom stereocenters. The van der Waals surface area contributed by atoms with E-state index in [4.69, 9.17) is 9.47 Å². The second-order valence-electron chi connectivity index (χ2n) is 7.09. The molecule has 28 heavy (non-hydrogen) atoms. The van der Waals surface area contributed by atoms with E-state index in [1.807, 2.05) is 44.4 Å². The fraction of sp³-hybridized carbons (Fsp3) is 0.409. The molecular formula is C22H29N3O3. The third-order valence-corrected chi connectivity index (χ3v) is 4.93. The average molecular weight is 383 g/mol. The second kappa shape index (κ2) is 10.1. The fourth-order valence-corrected chi connectivity index (χ4v) is 3.30. The van der Waals surface area contributed by atoms with Gasteiger partial charge in [0.15, 0.2) is 0 Å². The van der Waals surface area contributed by atoms with Crippen LogP contribution in [-0.2, 0) is 16.1 Å². The van der Waals surface area contributed by atoms with Gasteiger partial charge in [-0.2, -0.15) is 0 Å². The van der Waals surface area contributed by atoms with Gasteiger partial charge in [0, 0.05) is 39.4 Å². The van der Waals surface area contributed by atoms with Crippen molar-refractivity contribution in [3.8, 4) is 0 Å². The van der Waals surface area contributed by atoms with E-state index in [0.717, 1.165) is 24.3 Å². The van der Waals surface area contributed by atoms with Crippen molar-refractivity contribution in [2.24, 2.45) is 0 Å². The van der Waals surface area contributed by atoms with Gasteiger partial charge in [-0.15, -0.1) is 0 Å². The quantitative estimate of drug-likeness (QED) is 0.796. The summed E-state index contributed by atoms with van der Waals surface area (Å²) >= 11 is 0. The highest BCUT2D eigenvalue weighted by molar-refractivity contribution is 5.67. The first-order valence-corrected chi connectivity index (χ1v) is 9.67. The predicted molar refractivity (Wildman–Crippen MR) is 111 cm³/mol. The molecule has 0 spiro atoms. The zero-order valence-electron chi connectivity index (χ0n) is 16.6. The van der Waals surface area contributed by atoms with Crippen LogP contribution in [0.5, 0.6) is 0 Å². The molecule has 1 heterocycles. The number of nitrogens with one attached hydrogen (secondary N) is 1. The summed E-state index contributed by atoms with van der Waals surface area (Å²) in [4.78, 5) is 16.6. The molecule has 6 nitrogen and oxygen atoms in total. The van der Waals surface area contributed by atoms with Crippen LogP contribution in [0.15, 0.2) is 54.6 Å². The molecule has 1 aliphatic heterocycles. The molecule has 150 valence electrons. The highest BCUT2D eigenvalue weighted by Gasteiger charge is 2.23. The Bertz CT molecular complexity index is 728. The minimum Gasteiger partial charge on any atom is -0.445 e. The average Bonchev–Trinajstić information content (AvgIpc) is 2.74. The Hall–Kier alpha value is -2.57. The van der Waals surface area contributed by atoms with E-state index >= 15 is 0 Å². The van der Waals surface area contributed by atoms with Crippen LogP contribution in [0.25, 0.3) is 0 Å². The first kappa shape index (κ1) is 20.2. The van der Waals surface area contributed by atoms with Crippen LogP contribution in [0.1, 0.15) is 17.2 Å². The number of carbonyl (C=O) groups excluding carboxylic acids is 1. The lowest BCUT2D eigenvalue weighted by molar-refractivity contribution is 0.0160. The Labute approximate surface area is 167 Å². The molecule has 1 atom stereocenters. The summed E-state index contributed by atoms with van der Waals surface area (Å²) in [6.45, 7) is 3.89. The molecule has 1 saturated heterocycles. The molecule has 0 saturated carbocycles. The van der Waals surface area contributed by atoms with Crippen LogP contribution in [0.4, 0.5) is 10.5 Å². The number of anilines is 1. The van der Waals surface area contributed by atoms with Crippen molar-refractivity contribution < 1.29 is 14.3 Å². The molecular weight excluding hydrogens is 354 g/mol. The first-order chi connectivity index (χ1) is 13.6. The van der Waals surface area contributed by atoms with E-state index in [2.05, 4.69) is 39.4 Å². The van der Waals surface area contributed by atoms with Crippen LogP contribution in [0.2, 0.25) is 0 Å². The molecule has 6 heteroatoms. The number of benzene rings is 2. The third kappa shape index (κ3) is 5.71. The number of hydrogen-bond acceptors (Lipinski definition) is 5. The smallest absolute Gasteiger partial charge is 0.407 e. The van der Waals surface area contributed by atoms with Crippen molar-refractivity contribution in [3.05, 3.63) is 65.7 Å². The van der Waals surface area contributed by atoms with E-state index in [0.29, 0.717) is 19.8 Å². The van der Waals surface area contributed by atoms with Gasteiger partial charge in [-0.1, -0.05) is 42.5 Å². The highest BCUT2D eigenvalue weighted by Crippen LogP contribution is 2.23. The SMILES string of the molecule is CN(C)c1ccc([C@H](CNC(=O)OCc2ccccc2)N2CCOCC2)cc1. The van der Waals surface area contributed by atoms with Crippen LogP contribution in [-0.4, -0.2) is 57.9 Å². The highest BCUT2D eigenvalue weighted by atomic mass is 16.5. The molecule has 1 fully saturated rings. The van der Waals surface area contributed by atoms with Gasteiger partial charge in [-0.05, 0) is 23.3 Å². The maximum Gasteiger partial charge on any atom is 0.407 e. The Morgan fingerprint density at radius 2 is 1.79 bits per heavy atom. The van der Waals surface area contributed by atoms with Gasteiger partial charge in [0.1, 0.15) is 6.61 Å². The molecule has 0 aliphatic carbocycles. The van der Waals surface area contributed by atoms with Crippen molar-refractivity contribution in [3.63, 3.8) is 0 Å². The number of alkyl carbamates (subject to hydrolysis) is 1. The summed E-state index contributed by atoms with van der Waals surface area (Å²) in [5, 5.41) is 2.93. The van der Waals surface area contributed by atoms with Crippen LogP contribution in [0, 0.1) is 0 Å². The molecule has 1 aliphatic rings. The molecule has 0 aromatic heterocycles. The number of nitrogens with zero attached hydrogens (tertiary/aromatic N) is 2. The lowest BCUT2D eigenvalue weighted by Crippen LogP contribution is -2.43. The van der Waals surface area contributed by atoms with Crippen molar-refractivity contribution in [1.82, 2.24) is 10.2 Å². The summed E-state index contributed by atoms with van der Waals surface area (Å²) in [6, 6.07) is 18.3. The van der Waals surface area contributed by atoms with Crippen molar-refractivity contribution in [2.45, 2.75) is 12.6 Å². The zero-order valence-corrected chi connectivity index (χ0v) is 16.6. The monoisotopic (exact) mass is 383 g/mol. The van der Waals surface area contributed by atoms with Crippen molar-refractivity contribution >= 4 is 11.8 Å². The van der Waals surface area contributed by atoms with Crippen LogP contribution in [0.3, 0.4) is 0 Å². The number of hydrogen-bond donors (Lipinski definition) is 1. The topological polar surface area (TPSA) is 54.0 Å². The summed E-state index contributed by atoms with van der Waals surface area (Å²) < 4.78 is 10.8. The Morgan fingerprint density at radius 3 is 2.43 bits per heavy atom. The van der Waals surface area contributed by atoms with Crippen LogP contribution < -0.4 is 10.2 Å². The predicted octanol–water partition coefficient (Wildman–Crippen LogP) is 3.05. The molecule has 1 amide bonds. The largest absolute Gasteiger partial charge is 0.445 e. The number of morpholine rings is 1. The second-order valence-corrected chi connectivity index (χ2v) is 7.09. The van der Waals surface area contributed by atoms with E-state index in [9.17, 15) is 4.79 Å². The Morgan fingerprint density at radius 1 is 1.11 bits per heavy atom. The van der Waals surface area contributed by atoms with Crippen molar-refractivity contribution in [2.75, 3.05) is 51.8 Å². The third-order valence-electron chi connectivity index (χ3n) is 4.93. The molecule has 3 rings (SSSR count). The molecule has 0 bridgehead atoms. The molecule has 2 aromatic rings. The van der Waals surface area contributed by atoms with Gasteiger partial charge in [0.25, 0.3) is 0 Å². The van der Waals surface area contributed by atoms with Gasteiger partial charge in [0.2, 0.25) is 0 Å². The maximum absolute atomic E-state index is 12.2. The molecule has 0 radical (unpaired) electrons. The van der Waals surface area contributed by atoms with E-state index in [1.165, 1.54) is 5.56 Å². The van der Waals surface area contributed by atoms with Gasteiger partial charge < -0.3 is 19.7 Å². The number of ether oxygens (including phenoxy) is 2. The minimum atomic E-state index is -0.396. The lowest BCUT2D eigenvalue weighted by Gasteiger charge is -2.35. The normalized spacial score (nSPS) is 15.6. The van der Waals surface area contributed by atoms with Gasteiger partial charge >= 0.3 is 6.09 Å². The summed E-state index contributed by atoms with van der Waals surface area (Å²) in [5.41, 5.74) is 3.30. The lowest BCUT2D eigenvalue weighted by atomic mass is 10.0. The number of rotatable bonds is 7. The zero-order chi connectivity index (χ0) is 19.8. The molecule has 2 aromatic carbocycles. The fourth-order valence-electron chi connectivity index (χ4n) is 3.30. The van der Waals surface area contributed by atoms with Crippen molar-refractivity contribution in [1.29, 1.82) is 0 Å². The Balaban J connectivity index is 1.61. The Kier molecular flexibility index (Phi) is 7.28. The first-order valence-electron chi connectivity index (χ1n) is 9.67. The maximum atomic E-state index is 12.2. The van der Waals surface area contributed by atoms with E-state index < -0.39 is 6.09 Å². The van der Waals surface area contributed by atoms with Gasteiger partial charge in [-0.3, -0.25) is 4.90 Å². The summed E-state index contributed by atoms with van der Waals surface area (Å²) in [5.74, 6) is 0. The van der Waals surface area contributed by atoms with E-state index in [-0.39, 0.29) is 12.6 Å². The number of carbonyl (C=O) groups is 1. The van der Waals surface area contributed by atoms with Gasteiger partial charge in [0.05, 0.1) is 19.3 Å². The van der Waals surface area contributed by atoms with Crippen LogP contribution >= 0.6 is 0 Å². The van der Waals surface area contributed by atoms with Gasteiger partial charge in [-0.25, -0.2) is 4.79 Å².